The lowest BCUT2D eigenvalue weighted by molar-refractivity contribution is 0.502. The van der Waals surface area contributed by atoms with Crippen LogP contribution in [0.1, 0.15) is 12.8 Å². The molecular weight excluding hydrogens is 264 g/mol. The van der Waals surface area contributed by atoms with Crippen molar-refractivity contribution in [2.24, 2.45) is 17.8 Å². The number of thiol groups is 2. The van der Waals surface area contributed by atoms with Crippen LogP contribution in [-0.2, 0) is 0 Å². The molecule has 0 aliphatic heterocycles. The molecule has 3 rings (SSSR count). The van der Waals surface area contributed by atoms with Gasteiger partial charge in [-0.25, -0.2) is 0 Å². The van der Waals surface area contributed by atoms with Crippen molar-refractivity contribution >= 4 is 37.0 Å². The van der Waals surface area contributed by atoms with Crippen molar-refractivity contribution in [1.82, 2.24) is 0 Å². The van der Waals surface area contributed by atoms with Gasteiger partial charge in [-0.05, 0) is 48.8 Å². The van der Waals surface area contributed by atoms with Gasteiger partial charge in [0.2, 0.25) is 0 Å². The number of hydrogen-bond acceptors (Lipinski definition) is 3. The molecule has 0 radical (unpaired) electrons. The molecule has 1 aromatic carbocycles. The van der Waals surface area contributed by atoms with E-state index in [4.69, 9.17) is 0 Å². The Morgan fingerprint density at radius 1 is 1.06 bits per heavy atom. The SMILES string of the molecule is Sc1cc(S)cc(SCC2CC3C=C[C@H]2C3)c1. The number of allylic oxidation sites excluding steroid dienone is 2. The largest absolute Gasteiger partial charge is 0.143 e. The second-order valence-electron chi connectivity index (χ2n) is 5.04. The maximum Gasteiger partial charge on any atom is 0.00941 e. The molecule has 1 saturated carbocycles. The second-order valence-corrected chi connectivity index (χ2v) is 7.16. The minimum Gasteiger partial charge on any atom is -0.143 e. The highest BCUT2D eigenvalue weighted by Gasteiger charge is 2.35. The average molecular weight is 280 g/mol. The van der Waals surface area contributed by atoms with Gasteiger partial charge in [-0.15, -0.1) is 37.0 Å². The van der Waals surface area contributed by atoms with E-state index in [0.717, 1.165) is 27.5 Å². The number of benzene rings is 1. The number of fused-ring (bicyclic) bond motifs is 2. The Labute approximate surface area is 118 Å². The third-order valence-corrected chi connectivity index (χ3v) is 5.44. The van der Waals surface area contributed by atoms with Crippen LogP contribution in [0.4, 0.5) is 0 Å². The summed E-state index contributed by atoms with van der Waals surface area (Å²) in [5.41, 5.74) is 0. The first-order chi connectivity index (χ1) is 8.20. The van der Waals surface area contributed by atoms with E-state index >= 15 is 0 Å². The third kappa shape index (κ3) is 2.72. The summed E-state index contributed by atoms with van der Waals surface area (Å²) in [7, 11) is 0. The average Bonchev–Trinajstić information content (AvgIpc) is 2.86. The number of rotatable bonds is 3. The number of hydrogen-bond donors (Lipinski definition) is 2. The lowest BCUT2D eigenvalue weighted by Gasteiger charge is -2.17. The Morgan fingerprint density at radius 2 is 1.82 bits per heavy atom. The zero-order valence-corrected chi connectivity index (χ0v) is 12.1. The molecule has 0 heterocycles. The van der Waals surface area contributed by atoms with Crippen LogP contribution in [0.3, 0.4) is 0 Å². The van der Waals surface area contributed by atoms with Crippen LogP contribution < -0.4 is 0 Å². The first-order valence-corrected chi connectivity index (χ1v) is 7.93. The quantitative estimate of drug-likeness (QED) is 0.465. The summed E-state index contributed by atoms with van der Waals surface area (Å²) >= 11 is 10.7. The van der Waals surface area contributed by atoms with E-state index < -0.39 is 0 Å². The minimum absolute atomic E-state index is 0.849. The van der Waals surface area contributed by atoms with E-state index in [0.29, 0.717) is 0 Å². The molecular formula is C14H16S3. The summed E-state index contributed by atoms with van der Waals surface area (Å²) < 4.78 is 0. The van der Waals surface area contributed by atoms with Crippen LogP contribution in [0.5, 0.6) is 0 Å². The molecule has 0 amide bonds. The summed E-state index contributed by atoms with van der Waals surface area (Å²) in [5, 5.41) is 0. The molecule has 1 fully saturated rings. The standard InChI is InChI=1S/C14H16S3/c15-12-5-13(16)7-14(6-12)17-8-11-4-9-1-2-10(11)3-9/h1-2,5-7,9-11,15-16H,3-4,8H2/t9?,10-,11?/m0/s1. The third-order valence-electron chi connectivity index (χ3n) is 3.76. The lowest BCUT2D eigenvalue weighted by Crippen LogP contribution is -2.09. The fraction of sp³-hybridized carbons (Fsp3) is 0.429. The Kier molecular flexibility index (Phi) is 3.51. The highest BCUT2D eigenvalue weighted by molar-refractivity contribution is 7.99. The van der Waals surface area contributed by atoms with Gasteiger partial charge < -0.3 is 0 Å². The second kappa shape index (κ2) is 4.94. The summed E-state index contributed by atoms with van der Waals surface area (Å²) in [4.78, 5) is 3.31. The van der Waals surface area contributed by atoms with E-state index in [-0.39, 0.29) is 0 Å². The molecule has 0 N–H and O–H groups in total. The van der Waals surface area contributed by atoms with Crippen LogP contribution in [0, 0.1) is 17.8 Å². The Morgan fingerprint density at radius 3 is 2.41 bits per heavy atom. The van der Waals surface area contributed by atoms with Crippen molar-refractivity contribution < 1.29 is 0 Å². The van der Waals surface area contributed by atoms with E-state index in [1.165, 1.54) is 23.5 Å². The Bertz CT molecular complexity index is 433. The van der Waals surface area contributed by atoms with Gasteiger partial charge in [0.15, 0.2) is 0 Å². The van der Waals surface area contributed by atoms with Crippen LogP contribution in [0.25, 0.3) is 0 Å². The fourth-order valence-corrected chi connectivity index (χ4v) is 4.98. The van der Waals surface area contributed by atoms with E-state index in [1.807, 2.05) is 17.8 Å². The topological polar surface area (TPSA) is 0 Å². The smallest absolute Gasteiger partial charge is 0.00941 e. The van der Waals surface area contributed by atoms with Crippen molar-refractivity contribution in [2.75, 3.05) is 5.75 Å². The summed E-state index contributed by atoms with van der Waals surface area (Å²) in [6.07, 6.45) is 7.63. The first kappa shape index (κ1) is 12.1. The Hall–Kier alpha value is 0.01000. The van der Waals surface area contributed by atoms with E-state index in [9.17, 15) is 0 Å². The summed E-state index contributed by atoms with van der Waals surface area (Å²) in [6.45, 7) is 0. The van der Waals surface area contributed by atoms with Crippen molar-refractivity contribution in [1.29, 1.82) is 0 Å². The van der Waals surface area contributed by atoms with Crippen LogP contribution in [0.2, 0.25) is 0 Å². The van der Waals surface area contributed by atoms with Crippen molar-refractivity contribution in [2.45, 2.75) is 27.5 Å². The lowest BCUT2D eigenvalue weighted by atomic mass is 9.96. The summed E-state index contributed by atoms with van der Waals surface area (Å²) in [6, 6.07) is 6.25. The molecule has 2 aliphatic carbocycles. The highest BCUT2D eigenvalue weighted by atomic mass is 32.2. The fourth-order valence-electron chi connectivity index (χ4n) is 2.94. The molecule has 3 heteroatoms. The van der Waals surface area contributed by atoms with Gasteiger partial charge >= 0.3 is 0 Å². The van der Waals surface area contributed by atoms with Gasteiger partial charge in [-0.2, -0.15) is 0 Å². The van der Waals surface area contributed by atoms with Gasteiger partial charge in [-0.3, -0.25) is 0 Å². The van der Waals surface area contributed by atoms with Gasteiger partial charge in [0.1, 0.15) is 0 Å². The van der Waals surface area contributed by atoms with Crippen molar-refractivity contribution in [3.63, 3.8) is 0 Å². The minimum atomic E-state index is 0.849. The molecule has 0 nitrogen and oxygen atoms in total. The molecule has 90 valence electrons. The maximum absolute atomic E-state index is 4.40. The van der Waals surface area contributed by atoms with Crippen molar-refractivity contribution in [3.05, 3.63) is 30.4 Å². The molecule has 2 bridgehead atoms. The normalized spacial score (nSPS) is 30.1. The van der Waals surface area contributed by atoms with E-state index in [2.05, 4.69) is 49.5 Å². The zero-order chi connectivity index (χ0) is 11.8. The van der Waals surface area contributed by atoms with Crippen LogP contribution >= 0.6 is 37.0 Å². The predicted octanol–water partition coefficient (Wildman–Crippen LogP) is 4.57. The molecule has 2 aliphatic rings. The van der Waals surface area contributed by atoms with Gasteiger partial charge in [0.05, 0.1) is 0 Å². The van der Waals surface area contributed by atoms with Gasteiger partial charge in [0.25, 0.3) is 0 Å². The van der Waals surface area contributed by atoms with Gasteiger partial charge in [-0.1, -0.05) is 12.2 Å². The molecule has 2 unspecified atom stereocenters. The van der Waals surface area contributed by atoms with Gasteiger partial charge in [0, 0.05) is 20.4 Å². The molecule has 0 aromatic heterocycles. The van der Waals surface area contributed by atoms with Crippen LogP contribution in [0.15, 0.2) is 45.0 Å². The van der Waals surface area contributed by atoms with Crippen molar-refractivity contribution in [3.8, 4) is 0 Å². The van der Waals surface area contributed by atoms with Crippen LogP contribution in [-0.4, -0.2) is 5.75 Å². The maximum atomic E-state index is 4.40. The number of thioether (sulfide) groups is 1. The molecule has 3 atom stereocenters. The summed E-state index contributed by atoms with van der Waals surface area (Å²) in [5.74, 6) is 3.84. The molecule has 0 saturated heterocycles. The predicted molar refractivity (Wildman–Crippen MR) is 80.5 cm³/mol. The molecule has 1 aromatic rings. The zero-order valence-electron chi connectivity index (χ0n) is 9.54. The first-order valence-electron chi connectivity index (χ1n) is 6.05. The highest BCUT2D eigenvalue weighted by Crippen LogP contribution is 2.45. The van der Waals surface area contributed by atoms with E-state index in [1.54, 1.807) is 0 Å². The molecule has 0 spiro atoms. The Balaban J connectivity index is 1.62. The molecule has 17 heavy (non-hydrogen) atoms. The monoisotopic (exact) mass is 280 g/mol.